The topological polar surface area (TPSA) is 121 Å². The molecule has 0 aromatic rings. The third-order valence-corrected chi connectivity index (χ3v) is 2.86. The van der Waals surface area contributed by atoms with Crippen molar-refractivity contribution in [3.05, 3.63) is 0 Å². The Labute approximate surface area is 87.2 Å². The highest BCUT2D eigenvalue weighted by Gasteiger charge is 2.24. The summed E-state index contributed by atoms with van der Waals surface area (Å²) in [6.45, 7) is 0.626. The predicted molar refractivity (Wildman–Crippen MR) is 50.7 cm³/mol. The quantitative estimate of drug-likeness (QED) is 0.488. The Hall–Kier alpha value is -0.990. The van der Waals surface area contributed by atoms with Crippen molar-refractivity contribution in [1.29, 1.82) is 0 Å². The zero-order chi connectivity index (χ0) is 12.1. The Morgan fingerprint density at radius 1 is 1.40 bits per heavy atom. The molecule has 0 aliphatic rings. The van der Waals surface area contributed by atoms with Crippen LogP contribution in [0.15, 0.2) is 0 Å². The van der Waals surface area contributed by atoms with Crippen LogP contribution in [0.1, 0.15) is 13.3 Å². The molecule has 0 spiro atoms. The summed E-state index contributed by atoms with van der Waals surface area (Å²) in [5.74, 6) is -2.74. The molecule has 0 saturated heterocycles. The van der Waals surface area contributed by atoms with Crippen LogP contribution in [0, 0.1) is 0 Å². The number of hydrogen-bond donors (Lipinski definition) is 3. The zero-order valence-corrected chi connectivity index (χ0v) is 8.95. The molecule has 0 aliphatic carbocycles. The Bertz CT molecular complexity index is 335. The van der Waals surface area contributed by atoms with Crippen molar-refractivity contribution in [1.82, 2.24) is 4.72 Å². The number of Topliss-reactive ketones (excluding diaryl/α,β-unsaturated/α-hetero) is 1. The van der Waals surface area contributed by atoms with Gasteiger partial charge in [-0.3, -0.25) is 9.59 Å². The summed E-state index contributed by atoms with van der Waals surface area (Å²) in [6.07, 6.45) is -0.244. The van der Waals surface area contributed by atoms with Crippen LogP contribution in [0.5, 0.6) is 0 Å². The number of nitrogens with one attached hydrogen (secondary N) is 1. The number of sulfonamides is 1. The lowest BCUT2D eigenvalue weighted by Gasteiger charge is -2.12. The van der Waals surface area contributed by atoms with Gasteiger partial charge in [0.2, 0.25) is 10.0 Å². The second-order valence-electron chi connectivity index (χ2n) is 2.98. The Balaban J connectivity index is 4.52. The van der Waals surface area contributed by atoms with Crippen molar-refractivity contribution in [3.63, 3.8) is 0 Å². The lowest BCUT2D eigenvalue weighted by Crippen LogP contribution is -2.43. The molecule has 0 radical (unpaired) electrons. The lowest BCUT2D eigenvalue weighted by molar-refractivity contribution is -0.139. The molecule has 1 atom stereocenters. The number of carboxylic acids is 1. The van der Waals surface area contributed by atoms with Crippen molar-refractivity contribution < 1.29 is 28.2 Å². The molecular formula is C7H13NO6S. The number of carbonyl (C=O) groups excluding carboxylic acids is 1. The minimum Gasteiger partial charge on any atom is -0.480 e. The van der Waals surface area contributed by atoms with E-state index in [1.54, 1.807) is 0 Å². The molecule has 0 rings (SSSR count). The SMILES string of the molecule is CC(=O)CS(=O)(=O)N[C@@H](CCO)C(=O)O. The van der Waals surface area contributed by atoms with Crippen LogP contribution < -0.4 is 4.72 Å². The molecule has 88 valence electrons. The number of aliphatic carboxylic acids is 1. The van der Waals surface area contributed by atoms with Crippen LogP contribution in [0.3, 0.4) is 0 Å². The lowest BCUT2D eigenvalue weighted by atomic mass is 10.2. The largest absolute Gasteiger partial charge is 0.480 e. The molecule has 0 unspecified atom stereocenters. The molecule has 7 nitrogen and oxygen atoms in total. The van der Waals surface area contributed by atoms with Gasteiger partial charge in [0.1, 0.15) is 17.6 Å². The van der Waals surface area contributed by atoms with E-state index < -0.39 is 40.2 Å². The van der Waals surface area contributed by atoms with Crippen LogP contribution in [-0.2, 0) is 19.6 Å². The number of ketones is 1. The van der Waals surface area contributed by atoms with Crippen LogP contribution in [-0.4, -0.2) is 48.8 Å². The second kappa shape index (κ2) is 5.79. The van der Waals surface area contributed by atoms with Gasteiger partial charge in [-0.25, -0.2) is 13.1 Å². The summed E-state index contributed by atoms with van der Waals surface area (Å²) in [6, 6.07) is -1.40. The third-order valence-electron chi connectivity index (χ3n) is 1.43. The van der Waals surface area contributed by atoms with Gasteiger partial charge in [0.25, 0.3) is 0 Å². The fraction of sp³-hybridized carbons (Fsp3) is 0.714. The molecule has 0 fully saturated rings. The maximum atomic E-state index is 11.2. The van der Waals surface area contributed by atoms with Crippen LogP contribution in [0.4, 0.5) is 0 Å². The minimum atomic E-state index is -3.94. The van der Waals surface area contributed by atoms with Crippen molar-refractivity contribution in [3.8, 4) is 0 Å². The highest BCUT2D eigenvalue weighted by Crippen LogP contribution is 1.96. The first-order valence-electron chi connectivity index (χ1n) is 4.11. The van der Waals surface area contributed by atoms with Gasteiger partial charge < -0.3 is 10.2 Å². The van der Waals surface area contributed by atoms with Gasteiger partial charge in [-0.2, -0.15) is 0 Å². The van der Waals surface area contributed by atoms with Gasteiger partial charge in [-0.15, -0.1) is 0 Å². The average molecular weight is 239 g/mol. The molecule has 0 aromatic carbocycles. The first-order chi connectivity index (χ1) is 6.78. The first-order valence-corrected chi connectivity index (χ1v) is 5.77. The summed E-state index contributed by atoms with van der Waals surface area (Å²) in [5.41, 5.74) is 0. The number of rotatable bonds is 7. The molecule has 3 N–H and O–H groups in total. The van der Waals surface area contributed by atoms with E-state index >= 15 is 0 Å². The second-order valence-corrected chi connectivity index (χ2v) is 4.74. The molecule has 0 aromatic heterocycles. The van der Waals surface area contributed by atoms with E-state index in [1.807, 2.05) is 4.72 Å². The van der Waals surface area contributed by atoms with E-state index in [-0.39, 0.29) is 6.42 Å². The van der Waals surface area contributed by atoms with Gasteiger partial charge in [0.15, 0.2) is 0 Å². The summed E-state index contributed by atoms with van der Waals surface area (Å²) in [4.78, 5) is 21.1. The van der Waals surface area contributed by atoms with E-state index in [2.05, 4.69) is 0 Å². The molecule has 15 heavy (non-hydrogen) atoms. The number of carbonyl (C=O) groups is 2. The maximum Gasteiger partial charge on any atom is 0.321 e. The van der Waals surface area contributed by atoms with E-state index in [4.69, 9.17) is 10.2 Å². The van der Waals surface area contributed by atoms with Crippen LogP contribution in [0.2, 0.25) is 0 Å². The summed E-state index contributed by atoms with van der Waals surface area (Å²) < 4.78 is 24.1. The van der Waals surface area contributed by atoms with Crippen LogP contribution >= 0.6 is 0 Å². The molecule has 0 heterocycles. The van der Waals surface area contributed by atoms with Gasteiger partial charge in [0.05, 0.1) is 0 Å². The fourth-order valence-corrected chi connectivity index (χ4v) is 2.16. The van der Waals surface area contributed by atoms with Crippen molar-refractivity contribution in [2.75, 3.05) is 12.4 Å². The van der Waals surface area contributed by atoms with Crippen molar-refractivity contribution in [2.24, 2.45) is 0 Å². The van der Waals surface area contributed by atoms with Crippen molar-refractivity contribution in [2.45, 2.75) is 19.4 Å². The minimum absolute atomic E-state index is 0.244. The first kappa shape index (κ1) is 14.0. The fourth-order valence-electron chi connectivity index (χ4n) is 0.888. The Kier molecular flexibility index (Phi) is 5.40. The summed E-state index contributed by atoms with van der Waals surface area (Å²) in [7, 11) is -3.94. The van der Waals surface area contributed by atoms with E-state index in [9.17, 15) is 18.0 Å². The van der Waals surface area contributed by atoms with Gasteiger partial charge in [0, 0.05) is 6.61 Å². The summed E-state index contributed by atoms with van der Waals surface area (Å²) >= 11 is 0. The highest BCUT2D eigenvalue weighted by molar-refractivity contribution is 7.90. The van der Waals surface area contributed by atoms with Gasteiger partial charge in [-0.1, -0.05) is 0 Å². The maximum absolute atomic E-state index is 11.2. The normalized spacial score (nSPS) is 13.5. The van der Waals surface area contributed by atoms with Crippen molar-refractivity contribution >= 4 is 21.8 Å². The smallest absolute Gasteiger partial charge is 0.321 e. The zero-order valence-electron chi connectivity index (χ0n) is 8.13. The van der Waals surface area contributed by atoms with Gasteiger partial charge in [-0.05, 0) is 13.3 Å². The Morgan fingerprint density at radius 2 is 1.93 bits per heavy atom. The van der Waals surface area contributed by atoms with E-state index in [1.165, 1.54) is 0 Å². The van der Waals surface area contributed by atoms with E-state index in [0.29, 0.717) is 0 Å². The number of hydrogen-bond acceptors (Lipinski definition) is 5. The van der Waals surface area contributed by atoms with Gasteiger partial charge >= 0.3 is 5.97 Å². The molecule has 0 aliphatic heterocycles. The monoisotopic (exact) mass is 239 g/mol. The molecule has 8 heteroatoms. The highest BCUT2D eigenvalue weighted by atomic mass is 32.2. The molecular weight excluding hydrogens is 226 g/mol. The number of aliphatic hydroxyl groups is 1. The standard InChI is InChI=1S/C7H13NO6S/c1-5(10)4-15(13,14)8-6(2-3-9)7(11)12/h6,8-9H,2-4H2,1H3,(H,11,12)/t6-/m0/s1. The third kappa shape index (κ3) is 6.15. The Morgan fingerprint density at radius 3 is 2.27 bits per heavy atom. The number of aliphatic hydroxyl groups excluding tert-OH is 1. The summed E-state index contributed by atoms with van der Waals surface area (Å²) in [5, 5.41) is 17.1. The predicted octanol–water partition coefficient (Wildman–Crippen LogP) is -1.67. The van der Waals surface area contributed by atoms with Crippen LogP contribution in [0.25, 0.3) is 0 Å². The number of carboxylic acid groups (broad SMARTS) is 1. The molecule has 0 amide bonds. The molecule has 0 bridgehead atoms. The molecule has 0 saturated carbocycles. The average Bonchev–Trinajstić information content (AvgIpc) is 2.00. The van der Waals surface area contributed by atoms with E-state index in [0.717, 1.165) is 6.92 Å².